The number of aromatic hydroxyl groups is 1. The summed E-state index contributed by atoms with van der Waals surface area (Å²) in [5, 5.41) is 9.26. The minimum atomic E-state index is -0.283. The zero-order valence-corrected chi connectivity index (χ0v) is 10.8. The number of amides is 1. The molecule has 2 rings (SSSR count). The molecule has 4 nitrogen and oxygen atoms in total. The van der Waals surface area contributed by atoms with Crippen molar-refractivity contribution in [1.29, 1.82) is 0 Å². The summed E-state index contributed by atoms with van der Waals surface area (Å²) in [6.45, 7) is 2.65. The van der Waals surface area contributed by atoms with Crippen molar-refractivity contribution in [3.8, 4) is 5.75 Å². The van der Waals surface area contributed by atoms with Gasteiger partial charge in [-0.25, -0.2) is 0 Å². The number of phenolic OH excluding ortho intramolecular Hbond substituents is 1. The Balaban J connectivity index is 2.05. The molecular weight excluding hydrogens is 230 g/mol. The lowest BCUT2D eigenvalue weighted by molar-refractivity contribution is -0.141. The number of hydrogen-bond acceptors (Lipinski definition) is 3. The first-order chi connectivity index (χ1) is 8.59. The maximum absolute atomic E-state index is 12.2. The first-order valence-corrected chi connectivity index (χ1v) is 6.27. The molecule has 1 aromatic rings. The Hall–Kier alpha value is -1.55. The average Bonchev–Trinajstić information content (AvgIpc) is 2.91. The molecule has 0 bridgehead atoms. The number of benzene rings is 1. The van der Waals surface area contributed by atoms with Gasteiger partial charge in [0.05, 0.1) is 6.04 Å². The Morgan fingerprint density at radius 1 is 1.44 bits per heavy atom. The van der Waals surface area contributed by atoms with Crippen LogP contribution >= 0.6 is 0 Å². The van der Waals surface area contributed by atoms with Gasteiger partial charge in [0.15, 0.2) is 0 Å². The first-order valence-electron chi connectivity index (χ1n) is 6.27. The second kappa shape index (κ2) is 5.40. The molecule has 1 aliphatic heterocycles. The smallest absolute Gasteiger partial charge is 0.251 e. The van der Waals surface area contributed by atoms with Gasteiger partial charge < -0.3 is 14.7 Å². The van der Waals surface area contributed by atoms with E-state index in [-0.39, 0.29) is 23.8 Å². The molecule has 1 aliphatic rings. The van der Waals surface area contributed by atoms with E-state index in [1.165, 1.54) is 0 Å². The minimum absolute atomic E-state index is 0.0256. The summed E-state index contributed by atoms with van der Waals surface area (Å²) in [4.78, 5) is 13.9. The van der Waals surface area contributed by atoms with Crippen LogP contribution in [0, 0.1) is 0 Å². The Morgan fingerprint density at radius 2 is 2.11 bits per heavy atom. The summed E-state index contributed by atoms with van der Waals surface area (Å²) in [6.07, 6.45) is 1.48. The van der Waals surface area contributed by atoms with E-state index in [1.54, 1.807) is 24.1 Å². The third-order valence-electron chi connectivity index (χ3n) is 3.51. The number of rotatable bonds is 3. The van der Waals surface area contributed by atoms with Crippen LogP contribution in [0.1, 0.15) is 31.4 Å². The van der Waals surface area contributed by atoms with Crippen molar-refractivity contribution in [3.05, 3.63) is 29.8 Å². The van der Waals surface area contributed by atoms with Crippen molar-refractivity contribution < 1.29 is 14.6 Å². The highest BCUT2D eigenvalue weighted by Gasteiger charge is 2.28. The number of likely N-dealkylation sites (N-methyl/N-ethyl adjacent to an activating group) is 1. The molecule has 0 aliphatic carbocycles. The third-order valence-corrected chi connectivity index (χ3v) is 3.51. The summed E-state index contributed by atoms with van der Waals surface area (Å²) in [7, 11) is 1.79. The van der Waals surface area contributed by atoms with Crippen LogP contribution in [-0.4, -0.2) is 35.7 Å². The number of carbonyl (C=O) groups is 1. The standard InChI is InChI=1S/C14H19NO3/c1-10(11-5-7-12(16)8-6-11)15(2)14(17)13-4-3-9-18-13/h5-8,10,13,16H,3-4,9H2,1-2H3. The zero-order valence-electron chi connectivity index (χ0n) is 10.8. The molecule has 98 valence electrons. The van der Waals surface area contributed by atoms with Crippen LogP contribution in [0.4, 0.5) is 0 Å². The van der Waals surface area contributed by atoms with Crippen molar-refractivity contribution in [3.63, 3.8) is 0 Å². The van der Waals surface area contributed by atoms with Crippen molar-refractivity contribution in [2.75, 3.05) is 13.7 Å². The van der Waals surface area contributed by atoms with E-state index in [1.807, 2.05) is 19.1 Å². The first kappa shape index (κ1) is 12.9. The molecule has 0 spiro atoms. The van der Waals surface area contributed by atoms with Crippen molar-refractivity contribution in [2.45, 2.75) is 31.9 Å². The zero-order chi connectivity index (χ0) is 13.1. The minimum Gasteiger partial charge on any atom is -0.508 e. The van der Waals surface area contributed by atoms with Crippen LogP contribution in [0.25, 0.3) is 0 Å². The predicted octanol–water partition coefficient (Wildman–Crippen LogP) is 2.09. The lowest BCUT2D eigenvalue weighted by Gasteiger charge is -2.27. The van der Waals surface area contributed by atoms with Gasteiger partial charge in [0.2, 0.25) is 0 Å². The summed E-state index contributed by atoms with van der Waals surface area (Å²) in [6, 6.07) is 6.91. The van der Waals surface area contributed by atoms with E-state index in [0.29, 0.717) is 6.61 Å². The summed E-state index contributed by atoms with van der Waals surface area (Å²) < 4.78 is 5.41. The normalized spacial score (nSPS) is 20.7. The van der Waals surface area contributed by atoms with Gasteiger partial charge >= 0.3 is 0 Å². The van der Waals surface area contributed by atoms with E-state index in [9.17, 15) is 9.90 Å². The summed E-state index contributed by atoms with van der Waals surface area (Å²) in [5.74, 6) is 0.270. The van der Waals surface area contributed by atoms with Crippen LogP contribution in [0.3, 0.4) is 0 Å². The molecule has 2 atom stereocenters. The molecule has 0 saturated carbocycles. The molecule has 0 aromatic heterocycles. The predicted molar refractivity (Wildman–Crippen MR) is 68.3 cm³/mol. The van der Waals surface area contributed by atoms with Crippen LogP contribution < -0.4 is 0 Å². The Morgan fingerprint density at radius 3 is 2.67 bits per heavy atom. The second-order valence-corrected chi connectivity index (χ2v) is 4.72. The highest BCUT2D eigenvalue weighted by Crippen LogP contribution is 2.24. The number of hydrogen-bond donors (Lipinski definition) is 1. The van der Waals surface area contributed by atoms with Gasteiger partial charge in [-0.3, -0.25) is 4.79 Å². The second-order valence-electron chi connectivity index (χ2n) is 4.72. The molecular formula is C14H19NO3. The maximum atomic E-state index is 12.2. The molecule has 18 heavy (non-hydrogen) atoms. The molecule has 1 fully saturated rings. The fourth-order valence-electron chi connectivity index (χ4n) is 2.17. The highest BCUT2D eigenvalue weighted by atomic mass is 16.5. The average molecular weight is 249 g/mol. The quantitative estimate of drug-likeness (QED) is 0.892. The molecule has 2 unspecified atom stereocenters. The van der Waals surface area contributed by atoms with E-state index < -0.39 is 0 Å². The summed E-state index contributed by atoms with van der Waals surface area (Å²) in [5.41, 5.74) is 1.00. The van der Waals surface area contributed by atoms with Gasteiger partial charge in [-0.1, -0.05) is 12.1 Å². The molecule has 1 amide bonds. The Bertz CT molecular complexity index is 410. The van der Waals surface area contributed by atoms with Crippen molar-refractivity contribution in [2.24, 2.45) is 0 Å². The fourth-order valence-corrected chi connectivity index (χ4v) is 2.17. The van der Waals surface area contributed by atoms with Gasteiger partial charge in [0, 0.05) is 13.7 Å². The number of nitrogens with zero attached hydrogens (tertiary/aromatic N) is 1. The SMILES string of the molecule is CC(c1ccc(O)cc1)N(C)C(=O)C1CCCO1. The summed E-state index contributed by atoms with van der Waals surface area (Å²) >= 11 is 0. The van der Waals surface area contributed by atoms with Gasteiger partial charge in [-0.2, -0.15) is 0 Å². The van der Waals surface area contributed by atoms with E-state index >= 15 is 0 Å². The molecule has 1 saturated heterocycles. The topological polar surface area (TPSA) is 49.8 Å². The van der Waals surface area contributed by atoms with Crippen LogP contribution in [0.15, 0.2) is 24.3 Å². The Kier molecular flexibility index (Phi) is 3.87. The monoisotopic (exact) mass is 249 g/mol. The number of phenols is 1. The molecule has 1 N–H and O–H groups in total. The van der Waals surface area contributed by atoms with Gasteiger partial charge in [0.25, 0.3) is 5.91 Å². The maximum Gasteiger partial charge on any atom is 0.251 e. The van der Waals surface area contributed by atoms with Gasteiger partial charge in [0.1, 0.15) is 11.9 Å². The van der Waals surface area contributed by atoms with Gasteiger partial charge in [-0.15, -0.1) is 0 Å². The van der Waals surface area contributed by atoms with Crippen LogP contribution in [0.5, 0.6) is 5.75 Å². The van der Waals surface area contributed by atoms with Crippen molar-refractivity contribution in [1.82, 2.24) is 4.90 Å². The van der Waals surface area contributed by atoms with Gasteiger partial charge in [-0.05, 0) is 37.5 Å². The molecule has 1 heterocycles. The van der Waals surface area contributed by atoms with E-state index in [2.05, 4.69) is 0 Å². The van der Waals surface area contributed by atoms with Crippen molar-refractivity contribution >= 4 is 5.91 Å². The third kappa shape index (κ3) is 2.64. The number of carbonyl (C=O) groups excluding carboxylic acids is 1. The lowest BCUT2D eigenvalue weighted by atomic mass is 10.1. The lowest BCUT2D eigenvalue weighted by Crippen LogP contribution is -2.37. The highest BCUT2D eigenvalue weighted by molar-refractivity contribution is 5.81. The molecule has 1 aromatic carbocycles. The van der Waals surface area contributed by atoms with Crippen LogP contribution in [-0.2, 0) is 9.53 Å². The fraction of sp³-hybridized carbons (Fsp3) is 0.500. The van der Waals surface area contributed by atoms with E-state index in [4.69, 9.17) is 4.74 Å². The molecule has 4 heteroatoms. The Labute approximate surface area is 107 Å². The molecule has 0 radical (unpaired) electrons. The van der Waals surface area contributed by atoms with E-state index in [0.717, 1.165) is 18.4 Å². The largest absolute Gasteiger partial charge is 0.508 e. The van der Waals surface area contributed by atoms with Crippen LogP contribution in [0.2, 0.25) is 0 Å². The number of ether oxygens (including phenoxy) is 1.